The summed E-state index contributed by atoms with van der Waals surface area (Å²) in [6, 6.07) is 29.6. The van der Waals surface area contributed by atoms with E-state index < -0.39 is 6.10 Å². The summed E-state index contributed by atoms with van der Waals surface area (Å²) in [5, 5.41) is 14.8. The highest BCUT2D eigenvalue weighted by atomic mass is 16.5. The first-order chi connectivity index (χ1) is 19.1. The molecule has 1 atom stereocenters. The van der Waals surface area contributed by atoms with Gasteiger partial charge >= 0.3 is 0 Å². The Morgan fingerprint density at radius 1 is 0.846 bits per heavy atom. The standard InChI is InChI=1S/C33H37N3O3/c1-25-31(26(2)39-34-25)18-17-27-11-9-10-16-32(27)38-24-30(37)23-35-19-21-36(22-20-35)33(28-12-5-3-6-13-28)29-14-7-4-8-15-29/h3-18,30,33,37H,19-24H2,1-2H3/b18-17+. The number of benzene rings is 3. The highest BCUT2D eigenvalue weighted by molar-refractivity contribution is 5.73. The highest BCUT2D eigenvalue weighted by Gasteiger charge is 2.27. The lowest BCUT2D eigenvalue weighted by molar-refractivity contribution is 0.0400. The van der Waals surface area contributed by atoms with Gasteiger partial charge in [0.05, 0.1) is 11.7 Å². The van der Waals surface area contributed by atoms with Crippen molar-refractivity contribution in [3.63, 3.8) is 0 Å². The second kappa shape index (κ2) is 12.9. The minimum atomic E-state index is -0.574. The summed E-state index contributed by atoms with van der Waals surface area (Å²) in [4.78, 5) is 4.88. The molecule has 0 amide bonds. The van der Waals surface area contributed by atoms with Crippen LogP contribution in [0.4, 0.5) is 0 Å². The van der Waals surface area contributed by atoms with Gasteiger partial charge in [-0.05, 0) is 37.1 Å². The lowest BCUT2D eigenvalue weighted by atomic mass is 9.96. The SMILES string of the molecule is Cc1noc(C)c1/C=C/c1ccccc1OCC(O)CN1CCN(C(c2ccccc2)c2ccccc2)CC1. The van der Waals surface area contributed by atoms with Gasteiger partial charge in [-0.3, -0.25) is 9.80 Å². The molecule has 5 rings (SSSR count). The Bertz CT molecular complexity index is 1290. The van der Waals surface area contributed by atoms with Gasteiger partial charge in [0.2, 0.25) is 0 Å². The van der Waals surface area contributed by atoms with Crippen LogP contribution in [0.3, 0.4) is 0 Å². The van der Waals surface area contributed by atoms with E-state index in [-0.39, 0.29) is 12.6 Å². The van der Waals surface area contributed by atoms with E-state index in [0.29, 0.717) is 6.54 Å². The number of aryl methyl sites for hydroxylation is 2. The predicted molar refractivity (Wildman–Crippen MR) is 156 cm³/mol. The maximum absolute atomic E-state index is 10.8. The number of para-hydroxylation sites is 1. The number of ether oxygens (including phenoxy) is 1. The number of β-amino-alcohol motifs (C(OH)–C–C–N with tert-alkyl or cyclic N) is 1. The second-order valence-electron chi connectivity index (χ2n) is 10.1. The molecular formula is C33H37N3O3. The van der Waals surface area contributed by atoms with Gasteiger partial charge in [0.1, 0.15) is 24.2 Å². The minimum Gasteiger partial charge on any atom is -0.490 e. The average Bonchev–Trinajstić information content (AvgIpc) is 3.30. The van der Waals surface area contributed by atoms with Crippen LogP contribution in [0.2, 0.25) is 0 Å². The van der Waals surface area contributed by atoms with E-state index in [1.54, 1.807) is 0 Å². The fourth-order valence-corrected chi connectivity index (χ4v) is 5.28. The third-order valence-electron chi connectivity index (χ3n) is 7.34. The molecule has 0 saturated carbocycles. The van der Waals surface area contributed by atoms with Crippen LogP contribution in [-0.4, -0.2) is 65.5 Å². The number of aliphatic hydroxyl groups is 1. The van der Waals surface area contributed by atoms with Crippen LogP contribution in [0, 0.1) is 13.8 Å². The Hall–Kier alpha value is -3.71. The molecule has 6 heteroatoms. The van der Waals surface area contributed by atoms with E-state index in [1.165, 1.54) is 11.1 Å². The van der Waals surface area contributed by atoms with Gasteiger partial charge in [-0.1, -0.05) is 90.1 Å². The molecule has 39 heavy (non-hydrogen) atoms. The molecule has 1 saturated heterocycles. The Labute approximate surface area is 231 Å². The van der Waals surface area contributed by atoms with Crippen LogP contribution in [-0.2, 0) is 0 Å². The molecular weight excluding hydrogens is 486 g/mol. The van der Waals surface area contributed by atoms with Crippen molar-refractivity contribution in [2.45, 2.75) is 26.0 Å². The summed E-state index contributed by atoms with van der Waals surface area (Å²) in [6.07, 6.45) is 3.43. The third-order valence-corrected chi connectivity index (χ3v) is 7.34. The molecule has 1 aliphatic rings. The zero-order chi connectivity index (χ0) is 27.0. The van der Waals surface area contributed by atoms with Crippen LogP contribution in [0.5, 0.6) is 5.75 Å². The van der Waals surface area contributed by atoms with Crippen LogP contribution in [0.15, 0.2) is 89.5 Å². The molecule has 6 nitrogen and oxygen atoms in total. The van der Waals surface area contributed by atoms with E-state index in [0.717, 1.165) is 54.5 Å². The largest absolute Gasteiger partial charge is 0.490 e. The normalized spacial score (nSPS) is 15.7. The van der Waals surface area contributed by atoms with E-state index >= 15 is 0 Å². The topological polar surface area (TPSA) is 62.0 Å². The van der Waals surface area contributed by atoms with Gasteiger partial charge in [0.15, 0.2) is 0 Å². The van der Waals surface area contributed by atoms with Crippen molar-refractivity contribution in [3.8, 4) is 5.75 Å². The zero-order valence-corrected chi connectivity index (χ0v) is 22.7. The van der Waals surface area contributed by atoms with Crippen LogP contribution < -0.4 is 4.74 Å². The first-order valence-corrected chi connectivity index (χ1v) is 13.7. The van der Waals surface area contributed by atoms with E-state index in [9.17, 15) is 5.11 Å². The number of piperazine rings is 1. The molecule has 1 N–H and O–H groups in total. The zero-order valence-electron chi connectivity index (χ0n) is 22.7. The maximum atomic E-state index is 10.8. The average molecular weight is 524 g/mol. The van der Waals surface area contributed by atoms with Crippen LogP contribution in [0.1, 0.15) is 39.7 Å². The second-order valence-corrected chi connectivity index (χ2v) is 10.1. The molecule has 2 heterocycles. The fraction of sp³-hybridized carbons (Fsp3) is 0.303. The lowest BCUT2D eigenvalue weighted by Gasteiger charge is -2.40. The van der Waals surface area contributed by atoms with Gasteiger partial charge in [0, 0.05) is 43.9 Å². The van der Waals surface area contributed by atoms with Gasteiger partial charge in [-0.15, -0.1) is 0 Å². The molecule has 1 aliphatic heterocycles. The lowest BCUT2D eigenvalue weighted by Crippen LogP contribution is -2.50. The molecule has 4 aromatic rings. The molecule has 0 spiro atoms. The van der Waals surface area contributed by atoms with Gasteiger partial charge in [-0.2, -0.15) is 0 Å². The maximum Gasteiger partial charge on any atom is 0.141 e. The predicted octanol–water partition coefficient (Wildman–Crippen LogP) is 5.61. The number of aromatic nitrogens is 1. The summed E-state index contributed by atoms with van der Waals surface area (Å²) >= 11 is 0. The fourth-order valence-electron chi connectivity index (χ4n) is 5.28. The summed E-state index contributed by atoms with van der Waals surface area (Å²) in [5.41, 5.74) is 5.41. The first-order valence-electron chi connectivity index (χ1n) is 13.7. The Morgan fingerprint density at radius 3 is 2.08 bits per heavy atom. The molecule has 3 aromatic carbocycles. The molecule has 1 unspecified atom stereocenters. The number of rotatable bonds is 10. The smallest absolute Gasteiger partial charge is 0.141 e. The highest BCUT2D eigenvalue weighted by Crippen LogP contribution is 2.29. The number of hydrogen-bond donors (Lipinski definition) is 1. The van der Waals surface area contributed by atoms with E-state index in [2.05, 4.69) is 75.6 Å². The Balaban J connectivity index is 1.15. The first kappa shape index (κ1) is 26.9. The van der Waals surface area contributed by atoms with E-state index in [4.69, 9.17) is 9.26 Å². The van der Waals surface area contributed by atoms with Gasteiger partial charge in [-0.25, -0.2) is 0 Å². The number of nitrogens with zero attached hydrogens (tertiary/aromatic N) is 3. The van der Waals surface area contributed by atoms with Gasteiger partial charge in [0.25, 0.3) is 0 Å². The monoisotopic (exact) mass is 523 g/mol. The Kier molecular flexibility index (Phi) is 8.89. The van der Waals surface area contributed by atoms with Crippen LogP contribution >= 0.6 is 0 Å². The quantitative estimate of drug-likeness (QED) is 0.292. The summed E-state index contributed by atoms with van der Waals surface area (Å²) < 4.78 is 11.3. The molecule has 0 aliphatic carbocycles. The number of aliphatic hydroxyl groups excluding tert-OH is 1. The van der Waals surface area contributed by atoms with Crippen molar-refractivity contribution in [1.82, 2.24) is 15.0 Å². The van der Waals surface area contributed by atoms with Crippen molar-refractivity contribution < 1.29 is 14.4 Å². The van der Waals surface area contributed by atoms with Crippen molar-refractivity contribution in [2.24, 2.45) is 0 Å². The van der Waals surface area contributed by atoms with Crippen molar-refractivity contribution in [2.75, 3.05) is 39.3 Å². The summed E-state index contributed by atoms with van der Waals surface area (Å²) in [6.45, 7) is 8.36. The number of hydrogen-bond acceptors (Lipinski definition) is 6. The van der Waals surface area contributed by atoms with Crippen molar-refractivity contribution in [1.29, 1.82) is 0 Å². The summed E-state index contributed by atoms with van der Waals surface area (Å²) in [5.74, 6) is 1.54. The third kappa shape index (κ3) is 6.84. The molecule has 1 fully saturated rings. The molecule has 0 bridgehead atoms. The van der Waals surface area contributed by atoms with Crippen molar-refractivity contribution in [3.05, 3.63) is 119 Å². The Morgan fingerprint density at radius 2 is 1.46 bits per heavy atom. The van der Waals surface area contributed by atoms with E-state index in [1.807, 2.05) is 50.3 Å². The van der Waals surface area contributed by atoms with Crippen LogP contribution in [0.25, 0.3) is 12.2 Å². The summed E-state index contributed by atoms with van der Waals surface area (Å²) in [7, 11) is 0. The van der Waals surface area contributed by atoms with Gasteiger partial charge < -0.3 is 14.4 Å². The molecule has 1 aromatic heterocycles. The molecule has 202 valence electrons. The van der Waals surface area contributed by atoms with Crippen molar-refractivity contribution >= 4 is 12.2 Å². The molecule has 0 radical (unpaired) electrons. The minimum absolute atomic E-state index is 0.234.